The van der Waals surface area contributed by atoms with Gasteiger partial charge in [-0.3, -0.25) is 0 Å². The quantitative estimate of drug-likeness (QED) is 0.759. The Labute approximate surface area is 117 Å². The van der Waals surface area contributed by atoms with E-state index in [1.54, 1.807) is 0 Å². The largest absolute Gasteiger partial charge is 0.492 e. The van der Waals surface area contributed by atoms with Crippen LogP contribution < -0.4 is 10.1 Å². The Bertz CT molecular complexity index is 364. The molecule has 3 nitrogen and oxygen atoms in total. The van der Waals surface area contributed by atoms with Gasteiger partial charge in [-0.2, -0.15) is 0 Å². The summed E-state index contributed by atoms with van der Waals surface area (Å²) in [6.07, 6.45) is 1.14. The first kappa shape index (κ1) is 16.0. The van der Waals surface area contributed by atoms with E-state index in [0.717, 1.165) is 18.7 Å². The zero-order valence-corrected chi connectivity index (χ0v) is 12.6. The van der Waals surface area contributed by atoms with Crippen molar-refractivity contribution in [1.29, 1.82) is 0 Å². The fourth-order valence-electron chi connectivity index (χ4n) is 1.95. The summed E-state index contributed by atoms with van der Waals surface area (Å²) in [5.41, 5.74) is 0.955. The first-order valence-electron chi connectivity index (χ1n) is 7.13. The minimum atomic E-state index is -0.385. The van der Waals surface area contributed by atoms with Crippen molar-refractivity contribution < 1.29 is 9.84 Å². The maximum Gasteiger partial charge on any atom is 0.119 e. The molecule has 0 heterocycles. The highest BCUT2D eigenvalue weighted by Gasteiger charge is 2.22. The molecule has 3 heteroatoms. The molecule has 1 aromatic rings. The van der Waals surface area contributed by atoms with Crippen LogP contribution in [0.2, 0.25) is 0 Å². The number of likely N-dealkylation sites (N-methyl/N-ethyl adjacent to an activating group) is 1. The molecule has 0 aromatic heterocycles. The predicted molar refractivity (Wildman–Crippen MR) is 79.8 cm³/mol. The normalized spacial score (nSPS) is 15.8. The van der Waals surface area contributed by atoms with Crippen molar-refractivity contribution in [3.8, 4) is 5.75 Å². The number of aliphatic hydroxyl groups excluding tert-OH is 1. The van der Waals surface area contributed by atoms with Gasteiger partial charge in [-0.25, -0.2) is 0 Å². The fraction of sp³-hybridized carbons (Fsp3) is 0.625. The third kappa shape index (κ3) is 4.84. The Balaban J connectivity index is 2.58. The van der Waals surface area contributed by atoms with Gasteiger partial charge < -0.3 is 15.2 Å². The monoisotopic (exact) mass is 265 g/mol. The Morgan fingerprint density at radius 3 is 2.37 bits per heavy atom. The van der Waals surface area contributed by atoms with Crippen LogP contribution in [0.3, 0.4) is 0 Å². The van der Waals surface area contributed by atoms with Crippen molar-refractivity contribution in [3.63, 3.8) is 0 Å². The second-order valence-electron chi connectivity index (χ2n) is 5.42. The Kier molecular flexibility index (Phi) is 6.32. The number of ether oxygens (including phenoxy) is 1. The van der Waals surface area contributed by atoms with E-state index in [0.29, 0.717) is 12.5 Å². The van der Waals surface area contributed by atoms with Crippen LogP contribution in [0.4, 0.5) is 0 Å². The van der Waals surface area contributed by atoms with Crippen molar-refractivity contribution in [1.82, 2.24) is 5.32 Å². The first-order chi connectivity index (χ1) is 9.04. The van der Waals surface area contributed by atoms with E-state index in [1.807, 2.05) is 26.0 Å². The highest BCUT2D eigenvalue weighted by molar-refractivity contribution is 5.29. The number of hydrogen-bond acceptors (Lipinski definition) is 3. The average Bonchev–Trinajstić information content (AvgIpc) is 2.45. The lowest BCUT2D eigenvalue weighted by Crippen LogP contribution is -2.50. The van der Waals surface area contributed by atoms with Crippen molar-refractivity contribution in [2.24, 2.45) is 0 Å². The molecule has 1 rings (SSSR count). The van der Waals surface area contributed by atoms with Crippen LogP contribution in [-0.2, 0) is 0 Å². The molecular weight excluding hydrogens is 238 g/mol. The summed E-state index contributed by atoms with van der Waals surface area (Å²) in [7, 11) is 0. The van der Waals surface area contributed by atoms with Gasteiger partial charge in [-0.1, -0.05) is 32.9 Å². The van der Waals surface area contributed by atoms with Gasteiger partial charge in [0.05, 0.1) is 12.1 Å². The summed E-state index contributed by atoms with van der Waals surface area (Å²) < 4.78 is 5.76. The lowest BCUT2D eigenvalue weighted by atomic mass is 9.99. The second kappa shape index (κ2) is 7.51. The van der Waals surface area contributed by atoms with Gasteiger partial charge in [0.25, 0.3) is 0 Å². The number of hydrogen-bond donors (Lipinski definition) is 2. The van der Waals surface area contributed by atoms with Crippen LogP contribution in [0, 0.1) is 0 Å². The summed E-state index contributed by atoms with van der Waals surface area (Å²) in [4.78, 5) is 0. The summed E-state index contributed by atoms with van der Waals surface area (Å²) in [5.74, 6) is 1.43. The molecule has 0 fully saturated rings. The molecular formula is C16H27NO2. The van der Waals surface area contributed by atoms with E-state index in [4.69, 9.17) is 4.74 Å². The summed E-state index contributed by atoms with van der Waals surface area (Å²) >= 11 is 0. The molecule has 108 valence electrons. The lowest BCUT2D eigenvalue weighted by molar-refractivity contribution is 0.117. The van der Waals surface area contributed by atoms with Crippen LogP contribution >= 0.6 is 0 Å². The summed E-state index contributed by atoms with van der Waals surface area (Å²) in [6, 6.07) is 8.25. The molecule has 2 unspecified atom stereocenters. The fourth-order valence-corrected chi connectivity index (χ4v) is 1.95. The SMILES string of the molecule is CCNC(C)(CO)COc1ccc(C(C)CC)cc1. The third-order valence-corrected chi connectivity index (χ3v) is 3.57. The molecule has 0 saturated carbocycles. The van der Waals surface area contributed by atoms with Crippen LogP contribution in [0.15, 0.2) is 24.3 Å². The summed E-state index contributed by atoms with van der Waals surface area (Å²) in [6.45, 7) is 9.74. The van der Waals surface area contributed by atoms with Crippen molar-refractivity contribution >= 4 is 0 Å². The lowest BCUT2D eigenvalue weighted by Gasteiger charge is -2.28. The van der Waals surface area contributed by atoms with E-state index in [-0.39, 0.29) is 12.1 Å². The smallest absolute Gasteiger partial charge is 0.119 e. The van der Waals surface area contributed by atoms with Gasteiger partial charge in [0.2, 0.25) is 0 Å². The van der Waals surface area contributed by atoms with Crippen LogP contribution in [0.1, 0.15) is 45.6 Å². The number of rotatable bonds is 8. The second-order valence-corrected chi connectivity index (χ2v) is 5.42. The van der Waals surface area contributed by atoms with Gasteiger partial charge >= 0.3 is 0 Å². The van der Waals surface area contributed by atoms with E-state index >= 15 is 0 Å². The van der Waals surface area contributed by atoms with Crippen LogP contribution in [0.25, 0.3) is 0 Å². The van der Waals surface area contributed by atoms with Gasteiger partial charge in [0.1, 0.15) is 12.4 Å². The van der Waals surface area contributed by atoms with Gasteiger partial charge in [-0.05, 0) is 43.5 Å². The van der Waals surface area contributed by atoms with E-state index < -0.39 is 0 Å². The van der Waals surface area contributed by atoms with Gasteiger partial charge in [0.15, 0.2) is 0 Å². The van der Waals surface area contributed by atoms with Crippen LogP contribution in [-0.4, -0.2) is 30.4 Å². The summed E-state index contributed by atoms with van der Waals surface area (Å²) in [5, 5.41) is 12.6. The molecule has 0 radical (unpaired) electrons. The minimum absolute atomic E-state index is 0.0613. The van der Waals surface area contributed by atoms with E-state index in [9.17, 15) is 5.11 Å². The molecule has 0 spiro atoms. The number of benzene rings is 1. The molecule has 2 N–H and O–H groups in total. The highest BCUT2D eigenvalue weighted by Crippen LogP contribution is 2.22. The highest BCUT2D eigenvalue weighted by atomic mass is 16.5. The topological polar surface area (TPSA) is 41.5 Å². The Morgan fingerprint density at radius 1 is 1.26 bits per heavy atom. The molecule has 0 aliphatic rings. The molecule has 0 aliphatic heterocycles. The molecule has 0 bridgehead atoms. The van der Waals surface area contributed by atoms with Gasteiger partial charge in [0, 0.05) is 0 Å². The number of aliphatic hydroxyl groups is 1. The molecule has 0 amide bonds. The molecule has 2 atom stereocenters. The Hall–Kier alpha value is -1.06. The molecule has 0 aliphatic carbocycles. The first-order valence-corrected chi connectivity index (χ1v) is 7.13. The standard InChI is InChI=1S/C16H27NO2/c1-5-13(3)14-7-9-15(10-8-14)19-12-16(4,11-18)17-6-2/h7-10,13,17-18H,5-6,11-12H2,1-4H3. The van der Waals surface area contributed by atoms with Crippen molar-refractivity contribution in [3.05, 3.63) is 29.8 Å². The average molecular weight is 265 g/mol. The Morgan fingerprint density at radius 2 is 1.89 bits per heavy atom. The van der Waals surface area contributed by atoms with Crippen molar-refractivity contribution in [2.75, 3.05) is 19.8 Å². The van der Waals surface area contributed by atoms with E-state index in [2.05, 4.69) is 31.3 Å². The predicted octanol–water partition coefficient (Wildman–Crippen LogP) is 2.94. The number of nitrogens with one attached hydrogen (secondary N) is 1. The van der Waals surface area contributed by atoms with E-state index in [1.165, 1.54) is 5.56 Å². The van der Waals surface area contributed by atoms with Crippen molar-refractivity contribution in [2.45, 2.75) is 45.6 Å². The maximum atomic E-state index is 9.40. The van der Waals surface area contributed by atoms with Crippen LogP contribution in [0.5, 0.6) is 5.75 Å². The molecule has 19 heavy (non-hydrogen) atoms. The molecule has 1 aromatic carbocycles. The zero-order chi connectivity index (χ0) is 14.3. The third-order valence-electron chi connectivity index (χ3n) is 3.57. The van der Waals surface area contributed by atoms with Gasteiger partial charge in [-0.15, -0.1) is 0 Å². The molecule has 0 saturated heterocycles. The zero-order valence-electron chi connectivity index (χ0n) is 12.6. The maximum absolute atomic E-state index is 9.40. The minimum Gasteiger partial charge on any atom is -0.492 e.